The van der Waals surface area contributed by atoms with Crippen molar-refractivity contribution in [3.05, 3.63) is 93.5 Å². The molecule has 0 bridgehead atoms. The van der Waals surface area contributed by atoms with Crippen molar-refractivity contribution < 1.29 is 0 Å². The average Bonchev–Trinajstić information content (AvgIpc) is 3.08. The Morgan fingerprint density at radius 1 is 0.964 bits per heavy atom. The molecule has 5 heteroatoms. The van der Waals surface area contributed by atoms with Crippen molar-refractivity contribution in [2.24, 2.45) is 0 Å². The number of anilines is 1. The van der Waals surface area contributed by atoms with Gasteiger partial charge in [-0.05, 0) is 54.3 Å². The minimum atomic E-state index is 0.101. The number of para-hydroxylation sites is 2. The Labute approximate surface area is 173 Å². The molecule has 3 aromatic carbocycles. The Morgan fingerprint density at radius 2 is 1.75 bits per heavy atom. The molecule has 140 valence electrons. The fourth-order valence-electron chi connectivity index (χ4n) is 4.18. The van der Waals surface area contributed by atoms with Crippen LogP contribution >= 0.6 is 23.2 Å². The molecule has 0 fully saturated rings. The topological polar surface area (TPSA) is 29.9 Å². The fraction of sp³-hybridized carbons (Fsp3) is 0.174. The van der Waals surface area contributed by atoms with Crippen LogP contribution in [0.5, 0.6) is 0 Å². The summed E-state index contributed by atoms with van der Waals surface area (Å²) in [4.78, 5) is 4.87. The van der Waals surface area contributed by atoms with E-state index in [0.29, 0.717) is 10.0 Å². The van der Waals surface area contributed by atoms with Crippen LogP contribution in [0.25, 0.3) is 11.0 Å². The standard InChI is InChI=1S/C23H19Cl2N3/c1-14-6-2-3-7-16(14)22-13-20(15-10-11-17(24)18(25)12-15)27-23-26-19-8-4-5-9-21(19)28(22)23/h2-12,20,22H,13H2,1H3,(H,26,27)/t20-,22-/m1/s1. The summed E-state index contributed by atoms with van der Waals surface area (Å²) in [5.74, 6) is 0.886. The molecule has 0 aliphatic carbocycles. The Hall–Kier alpha value is -2.49. The molecule has 1 aliphatic heterocycles. The molecular formula is C23H19Cl2N3. The smallest absolute Gasteiger partial charge is 0.204 e. The van der Waals surface area contributed by atoms with Crippen LogP contribution in [0, 0.1) is 6.92 Å². The highest BCUT2D eigenvalue weighted by atomic mass is 35.5. The highest BCUT2D eigenvalue weighted by Crippen LogP contribution is 2.42. The normalized spacial score (nSPS) is 18.7. The van der Waals surface area contributed by atoms with E-state index in [1.54, 1.807) is 0 Å². The lowest BCUT2D eigenvalue weighted by Gasteiger charge is -2.34. The van der Waals surface area contributed by atoms with Crippen molar-refractivity contribution in [1.82, 2.24) is 9.55 Å². The Bertz CT molecular complexity index is 1180. The first kappa shape index (κ1) is 17.6. The van der Waals surface area contributed by atoms with Crippen LogP contribution in [0.2, 0.25) is 10.0 Å². The number of halogens is 2. The van der Waals surface area contributed by atoms with Crippen LogP contribution in [0.1, 0.15) is 35.2 Å². The van der Waals surface area contributed by atoms with Crippen LogP contribution in [0.4, 0.5) is 5.95 Å². The number of aryl methyl sites for hydroxylation is 1. The van der Waals surface area contributed by atoms with Gasteiger partial charge < -0.3 is 9.88 Å². The first-order valence-corrected chi connectivity index (χ1v) is 10.1. The summed E-state index contributed by atoms with van der Waals surface area (Å²) in [6, 6.07) is 23.0. The van der Waals surface area contributed by atoms with Gasteiger partial charge in [-0.15, -0.1) is 0 Å². The van der Waals surface area contributed by atoms with Gasteiger partial charge in [-0.25, -0.2) is 4.98 Å². The SMILES string of the molecule is Cc1ccccc1[C@H]1C[C@H](c2ccc(Cl)c(Cl)c2)Nc2nc3ccccc3n21. The lowest BCUT2D eigenvalue weighted by atomic mass is 9.91. The predicted octanol–water partition coefficient (Wildman–Crippen LogP) is 6.80. The summed E-state index contributed by atoms with van der Waals surface area (Å²) in [6.07, 6.45) is 0.899. The van der Waals surface area contributed by atoms with Crippen molar-refractivity contribution >= 4 is 40.2 Å². The van der Waals surface area contributed by atoms with Gasteiger partial charge in [0.05, 0.1) is 33.2 Å². The summed E-state index contributed by atoms with van der Waals surface area (Å²) < 4.78 is 2.33. The summed E-state index contributed by atoms with van der Waals surface area (Å²) in [7, 11) is 0. The van der Waals surface area contributed by atoms with Crippen LogP contribution < -0.4 is 5.32 Å². The number of nitrogens with one attached hydrogen (secondary N) is 1. The van der Waals surface area contributed by atoms with Crippen LogP contribution in [-0.4, -0.2) is 9.55 Å². The van der Waals surface area contributed by atoms with Crippen molar-refractivity contribution in [2.45, 2.75) is 25.4 Å². The molecule has 0 radical (unpaired) electrons. The maximum atomic E-state index is 6.30. The predicted molar refractivity (Wildman–Crippen MR) is 116 cm³/mol. The Kier molecular flexibility index (Phi) is 4.30. The second kappa shape index (κ2) is 6.84. The van der Waals surface area contributed by atoms with E-state index < -0.39 is 0 Å². The fourth-order valence-corrected chi connectivity index (χ4v) is 4.49. The molecule has 4 aromatic rings. The van der Waals surface area contributed by atoms with Crippen molar-refractivity contribution in [3.8, 4) is 0 Å². The van der Waals surface area contributed by atoms with E-state index in [1.165, 1.54) is 11.1 Å². The first-order valence-electron chi connectivity index (χ1n) is 9.36. The number of imidazole rings is 1. The molecule has 0 spiro atoms. The molecule has 28 heavy (non-hydrogen) atoms. The number of fused-ring (bicyclic) bond motifs is 3. The van der Waals surface area contributed by atoms with Crippen molar-refractivity contribution in [3.63, 3.8) is 0 Å². The Morgan fingerprint density at radius 3 is 2.57 bits per heavy atom. The van der Waals surface area contributed by atoms with E-state index in [-0.39, 0.29) is 12.1 Å². The van der Waals surface area contributed by atoms with E-state index >= 15 is 0 Å². The number of hydrogen-bond donors (Lipinski definition) is 1. The van der Waals surface area contributed by atoms with E-state index in [1.807, 2.05) is 24.3 Å². The van der Waals surface area contributed by atoms with E-state index in [2.05, 4.69) is 59.3 Å². The lowest BCUT2D eigenvalue weighted by Crippen LogP contribution is -2.27. The third kappa shape index (κ3) is 2.86. The summed E-state index contributed by atoms with van der Waals surface area (Å²) in [5.41, 5.74) is 5.86. The average molecular weight is 408 g/mol. The zero-order valence-corrected chi connectivity index (χ0v) is 16.9. The second-order valence-corrected chi connectivity index (χ2v) is 8.09. The van der Waals surface area contributed by atoms with Gasteiger partial charge in [-0.1, -0.05) is 65.7 Å². The molecule has 2 atom stereocenters. The number of nitrogens with zero attached hydrogens (tertiary/aromatic N) is 2. The highest BCUT2D eigenvalue weighted by molar-refractivity contribution is 6.42. The third-order valence-corrected chi connectivity index (χ3v) is 6.30. The summed E-state index contributed by atoms with van der Waals surface area (Å²) in [5, 5.41) is 4.77. The lowest BCUT2D eigenvalue weighted by molar-refractivity contribution is 0.476. The molecule has 1 N–H and O–H groups in total. The molecule has 0 amide bonds. The monoisotopic (exact) mass is 407 g/mol. The number of benzene rings is 3. The largest absolute Gasteiger partial charge is 0.349 e. The van der Waals surface area contributed by atoms with Gasteiger partial charge in [0.15, 0.2) is 0 Å². The van der Waals surface area contributed by atoms with Crippen molar-refractivity contribution in [2.75, 3.05) is 5.32 Å². The van der Waals surface area contributed by atoms with Gasteiger partial charge in [0.1, 0.15) is 0 Å². The maximum Gasteiger partial charge on any atom is 0.204 e. The highest BCUT2D eigenvalue weighted by Gasteiger charge is 2.31. The van der Waals surface area contributed by atoms with Gasteiger partial charge in [0, 0.05) is 0 Å². The van der Waals surface area contributed by atoms with Gasteiger partial charge in [0.2, 0.25) is 5.95 Å². The van der Waals surface area contributed by atoms with Gasteiger partial charge in [-0.2, -0.15) is 0 Å². The second-order valence-electron chi connectivity index (χ2n) is 7.27. The molecule has 1 aliphatic rings. The molecular weight excluding hydrogens is 389 g/mol. The minimum Gasteiger partial charge on any atom is -0.349 e. The van der Waals surface area contributed by atoms with E-state index in [0.717, 1.165) is 29.0 Å². The van der Waals surface area contributed by atoms with Gasteiger partial charge in [-0.3, -0.25) is 0 Å². The zero-order chi connectivity index (χ0) is 19.3. The summed E-state index contributed by atoms with van der Waals surface area (Å²) >= 11 is 12.4. The van der Waals surface area contributed by atoms with E-state index in [4.69, 9.17) is 28.2 Å². The van der Waals surface area contributed by atoms with Gasteiger partial charge in [0.25, 0.3) is 0 Å². The molecule has 3 nitrogen and oxygen atoms in total. The quantitative estimate of drug-likeness (QED) is 0.395. The molecule has 1 aromatic heterocycles. The zero-order valence-electron chi connectivity index (χ0n) is 15.4. The molecule has 0 saturated carbocycles. The summed E-state index contributed by atoms with van der Waals surface area (Å²) in [6.45, 7) is 2.17. The molecule has 2 heterocycles. The number of aromatic nitrogens is 2. The minimum absolute atomic E-state index is 0.101. The third-order valence-electron chi connectivity index (χ3n) is 5.56. The maximum absolute atomic E-state index is 6.30. The Balaban J connectivity index is 1.68. The van der Waals surface area contributed by atoms with Gasteiger partial charge >= 0.3 is 0 Å². The van der Waals surface area contributed by atoms with Crippen molar-refractivity contribution in [1.29, 1.82) is 0 Å². The van der Waals surface area contributed by atoms with Crippen LogP contribution in [-0.2, 0) is 0 Å². The first-order chi connectivity index (χ1) is 13.6. The van der Waals surface area contributed by atoms with Crippen LogP contribution in [0.15, 0.2) is 66.7 Å². The molecule has 0 unspecified atom stereocenters. The number of rotatable bonds is 2. The number of hydrogen-bond acceptors (Lipinski definition) is 2. The molecule has 0 saturated heterocycles. The van der Waals surface area contributed by atoms with Crippen LogP contribution in [0.3, 0.4) is 0 Å². The molecule has 5 rings (SSSR count). The van der Waals surface area contributed by atoms with E-state index in [9.17, 15) is 0 Å².